The Bertz CT molecular complexity index is 428. The Morgan fingerprint density at radius 2 is 1.67 bits per heavy atom. The Hall–Kier alpha value is -1.32. The second kappa shape index (κ2) is 11.4. The standard InChI is InChI=1S/C17H31N3O/c1-3-5-6-7-8-9-10-11-12-18-16-17(21)20(14-4-2)15-13-19-16/h13,15H,3-12,14H2,1-2H3,(H,18,19). The smallest absolute Gasteiger partial charge is 0.293 e. The van der Waals surface area contributed by atoms with E-state index in [0.717, 1.165) is 25.9 Å². The van der Waals surface area contributed by atoms with Gasteiger partial charge in [-0.1, -0.05) is 58.8 Å². The zero-order chi connectivity index (χ0) is 15.3. The van der Waals surface area contributed by atoms with Gasteiger partial charge in [-0.05, 0) is 12.8 Å². The van der Waals surface area contributed by atoms with Crippen molar-refractivity contribution < 1.29 is 0 Å². The third-order valence-corrected chi connectivity index (χ3v) is 3.70. The van der Waals surface area contributed by atoms with E-state index in [-0.39, 0.29) is 5.56 Å². The first kappa shape index (κ1) is 17.7. The summed E-state index contributed by atoms with van der Waals surface area (Å²) in [7, 11) is 0. The summed E-state index contributed by atoms with van der Waals surface area (Å²) in [4.78, 5) is 16.2. The molecule has 1 heterocycles. The second-order valence-corrected chi connectivity index (χ2v) is 5.68. The van der Waals surface area contributed by atoms with Crippen molar-refractivity contribution in [3.05, 3.63) is 22.7 Å². The van der Waals surface area contributed by atoms with Crippen molar-refractivity contribution in [3.8, 4) is 0 Å². The number of anilines is 1. The molecule has 0 atom stereocenters. The van der Waals surface area contributed by atoms with Gasteiger partial charge >= 0.3 is 0 Å². The fraction of sp³-hybridized carbons (Fsp3) is 0.765. The maximum atomic E-state index is 12.1. The molecule has 0 unspecified atom stereocenters. The Labute approximate surface area is 129 Å². The van der Waals surface area contributed by atoms with Gasteiger partial charge in [0.2, 0.25) is 0 Å². The maximum Gasteiger partial charge on any atom is 0.293 e. The highest BCUT2D eigenvalue weighted by molar-refractivity contribution is 5.30. The van der Waals surface area contributed by atoms with E-state index in [4.69, 9.17) is 0 Å². The van der Waals surface area contributed by atoms with Gasteiger partial charge in [-0.3, -0.25) is 4.79 Å². The number of unbranched alkanes of at least 4 members (excludes halogenated alkanes) is 7. The van der Waals surface area contributed by atoms with E-state index >= 15 is 0 Å². The number of nitrogens with one attached hydrogen (secondary N) is 1. The molecule has 1 aromatic rings. The van der Waals surface area contributed by atoms with E-state index < -0.39 is 0 Å². The molecule has 0 amide bonds. The lowest BCUT2D eigenvalue weighted by molar-refractivity contribution is 0.580. The van der Waals surface area contributed by atoms with Crippen LogP contribution in [0.4, 0.5) is 5.82 Å². The summed E-state index contributed by atoms with van der Waals surface area (Å²) < 4.78 is 1.73. The van der Waals surface area contributed by atoms with Gasteiger partial charge < -0.3 is 9.88 Å². The van der Waals surface area contributed by atoms with Crippen molar-refractivity contribution in [1.29, 1.82) is 0 Å². The lowest BCUT2D eigenvalue weighted by atomic mass is 10.1. The SMILES string of the molecule is CCCCCCCCCCNc1nccn(CCC)c1=O. The molecule has 0 fully saturated rings. The lowest BCUT2D eigenvalue weighted by Gasteiger charge is -2.08. The van der Waals surface area contributed by atoms with Crippen molar-refractivity contribution in [2.75, 3.05) is 11.9 Å². The van der Waals surface area contributed by atoms with Gasteiger partial charge in [-0.15, -0.1) is 0 Å². The Balaban J connectivity index is 2.15. The molecule has 1 aromatic heterocycles. The van der Waals surface area contributed by atoms with E-state index in [1.807, 2.05) is 0 Å². The molecule has 0 aliphatic heterocycles. The minimum absolute atomic E-state index is 0.00100. The molecule has 0 aliphatic rings. The van der Waals surface area contributed by atoms with Gasteiger partial charge in [0.1, 0.15) is 0 Å². The first-order chi connectivity index (χ1) is 10.3. The molecule has 120 valence electrons. The van der Waals surface area contributed by atoms with Crippen LogP contribution in [0.25, 0.3) is 0 Å². The molecule has 1 N–H and O–H groups in total. The molecule has 0 bridgehead atoms. The van der Waals surface area contributed by atoms with Crippen molar-refractivity contribution in [2.24, 2.45) is 0 Å². The number of nitrogens with zero attached hydrogens (tertiary/aromatic N) is 2. The minimum Gasteiger partial charge on any atom is -0.365 e. The summed E-state index contributed by atoms with van der Waals surface area (Å²) in [6, 6.07) is 0. The van der Waals surface area contributed by atoms with Crippen LogP contribution in [0.15, 0.2) is 17.2 Å². The van der Waals surface area contributed by atoms with Gasteiger partial charge in [-0.25, -0.2) is 4.98 Å². The topological polar surface area (TPSA) is 46.9 Å². The number of aryl methyl sites for hydroxylation is 1. The molecule has 0 aromatic carbocycles. The summed E-state index contributed by atoms with van der Waals surface area (Å²) >= 11 is 0. The van der Waals surface area contributed by atoms with E-state index in [1.54, 1.807) is 17.0 Å². The van der Waals surface area contributed by atoms with E-state index in [2.05, 4.69) is 24.1 Å². The van der Waals surface area contributed by atoms with E-state index in [1.165, 1.54) is 44.9 Å². The molecule has 0 radical (unpaired) electrons. The van der Waals surface area contributed by atoms with Crippen LogP contribution in [-0.2, 0) is 6.54 Å². The van der Waals surface area contributed by atoms with Crippen LogP contribution in [0.1, 0.15) is 71.6 Å². The first-order valence-corrected chi connectivity index (χ1v) is 8.59. The lowest BCUT2D eigenvalue weighted by Crippen LogP contribution is -2.24. The van der Waals surface area contributed by atoms with Gasteiger partial charge in [0, 0.05) is 25.5 Å². The third-order valence-electron chi connectivity index (χ3n) is 3.70. The van der Waals surface area contributed by atoms with Crippen molar-refractivity contribution >= 4 is 5.82 Å². The van der Waals surface area contributed by atoms with Crippen LogP contribution in [0, 0.1) is 0 Å². The maximum absolute atomic E-state index is 12.1. The molecule has 4 heteroatoms. The Morgan fingerprint density at radius 3 is 2.33 bits per heavy atom. The van der Waals surface area contributed by atoms with Crippen LogP contribution >= 0.6 is 0 Å². The van der Waals surface area contributed by atoms with Crippen LogP contribution < -0.4 is 10.9 Å². The van der Waals surface area contributed by atoms with Gasteiger partial charge in [0.15, 0.2) is 5.82 Å². The molecule has 0 saturated heterocycles. The Kier molecular flexibility index (Phi) is 9.58. The van der Waals surface area contributed by atoms with Crippen molar-refractivity contribution in [1.82, 2.24) is 9.55 Å². The fourth-order valence-corrected chi connectivity index (χ4v) is 2.45. The van der Waals surface area contributed by atoms with Gasteiger partial charge in [0.25, 0.3) is 5.56 Å². The molecular formula is C17H31N3O. The predicted molar refractivity (Wildman–Crippen MR) is 89.9 cm³/mol. The minimum atomic E-state index is -0.00100. The molecular weight excluding hydrogens is 262 g/mol. The average molecular weight is 293 g/mol. The summed E-state index contributed by atoms with van der Waals surface area (Å²) in [6.45, 7) is 5.92. The molecule has 21 heavy (non-hydrogen) atoms. The zero-order valence-electron chi connectivity index (χ0n) is 13.7. The van der Waals surface area contributed by atoms with Gasteiger partial charge in [0.05, 0.1) is 0 Å². The molecule has 0 aliphatic carbocycles. The van der Waals surface area contributed by atoms with Gasteiger partial charge in [-0.2, -0.15) is 0 Å². The molecule has 0 spiro atoms. The number of hydrogen-bond acceptors (Lipinski definition) is 3. The highest BCUT2D eigenvalue weighted by Gasteiger charge is 2.02. The number of aromatic nitrogens is 2. The van der Waals surface area contributed by atoms with Crippen LogP contribution in [-0.4, -0.2) is 16.1 Å². The monoisotopic (exact) mass is 293 g/mol. The summed E-state index contributed by atoms with van der Waals surface area (Å²) in [5, 5.41) is 3.18. The largest absolute Gasteiger partial charge is 0.365 e. The van der Waals surface area contributed by atoms with Crippen molar-refractivity contribution in [3.63, 3.8) is 0 Å². The third kappa shape index (κ3) is 7.30. The Morgan fingerprint density at radius 1 is 1.00 bits per heavy atom. The highest BCUT2D eigenvalue weighted by Crippen LogP contribution is 2.08. The number of rotatable bonds is 12. The summed E-state index contributed by atoms with van der Waals surface area (Å²) in [6.07, 6.45) is 14.8. The summed E-state index contributed by atoms with van der Waals surface area (Å²) in [5.74, 6) is 0.494. The normalized spacial score (nSPS) is 10.8. The average Bonchev–Trinajstić information content (AvgIpc) is 2.49. The second-order valence-electron chi connectivity index (χ2n) is 5.68. The van der Waals surface area contributed by atoms with E-state index in [9.17, 15) is 4.79 Å². The van der Waals surface area contributed by atoms with E-state index in [0.29, 0.717) is 5.82 Å². The van der Waals surface area contributed by atoms with Crippen LogP contribution in [0.5, 0.6) is 0 Å². The predicted octanol–water partition coefficient (Wildman–Crippen LogP) is 4.21. The molecule has 0 saturated carbocycles. The van der Waals surface area contributed by atoms with Crippen LogP contribution in [0.3, 0.4) is 0 Å². The van der Waals surface area contributed by atoms with Crippen LogP contribution in [0.2, 0.25) is 0 Å². The quantitative estimate of drug-likeness (QED) is 0.587. The molecule has 4 nitrogen and oxygen atoms in total. The number of hydrogen-bond donors (Lipinski definition) is 1. The fourth-order valence-electron chi connectivity index (χ4n) is 2.45. The van der Waals surface area contributed by atoms with Crippen molar-refractivity contribution in [2.45, 2.75) is 78.2 Å². The highest BCUT2D eigenvalue weighted by atomic mass is 16.1. The molecule has 1 rings (SSSR count). The summed E-state index contributed by atoms with van der Waals surface area (Å²) in [5.41, 5.74) is -0.00100. The first-order valence-electron chi connectivity index (χ1n) is 8.59. The zero-order valence-corrected chi connectivity index (χ0v) is 13.7.